The van der Waals surface area contributed by atoms with E-state index in [1.54, 1.807) is 0 Å². The first-order valence-corrected chi connectivity index (χ1v) is 5.16. The third-order valence-electron chi connectivity index (χ3n) is 2.20. The van der Waals surface area contributed by atoms with E-state index in [9.17, 15) is 5.11 Å². The number of aryl methyl sites for hydroxylation is 1. The van der Waals surface area contributed by atoms with Crippen molar-refractivity contribution in [1.29, 1.82) is 5.26 Å². The van der Waals surface area contributed by atoms with Crippen molar-refractivity contribution in [2.45, 2.75) is 31.8 Å². The lowest BCUT2D eigenvalue weighted by atomic mass is 10.0. The summed E-state index contributed by atoms with van der Waals surface area (Å²) in [5.41, 5.74) is 1.01. The van der Waals surface area contributed by atoms with Crippen molar-refractivity contribution >= 4 is 11.3 Å². The molecule has 1 aliphatic carbocycles. The van der Waals surface area contributed by atoms with Crippen molar-refractivity contribution in [1.82, 2.24) is 4.98 Å². The summed E-state index contributed by atoms with van der Waals surface area (Å²) in [5, 5.41) is 19.0. The van der Waals surface area contributed by atoms with Crippen molar-refractivity contribution in [2.24, 2.45) is 0 Å². The van der Waals surface area contributed by atoms with E-state index < -0.39 is 0 Å². The molecule has 1 N–H and O–H groups in total. The smallest absolute Gasteiger partial charge is 0.107 e. The Bertz CT molecular complexity index is 353. The van der Waals surface area contributed by atoms with Gasteiger partial charge in [-0.1, -0.05) is 0 Å². The van der Waals surface area contributed by atoms with Crippen molar-refractivity contribution in [3.05, 3.63) is 15.6 Å². The molecule has 0 amide bonds. The summed E-state index contributed by atoms with van der Waals surface area (Å²) in [6, 6.07) is 2.07. The van der Waals surface area contributed by atoms with Crippen molar-refractivity contribution < 1.29 is 5.11 Å². The molecule has 68 valence electrons. The largest absolute Gasteiger partial charge is 0.388 e. The average molecular weight is 194 g/mol. The van der Waals surface area contributed by atoms with E-state index in [0.717, 1.165) is 34.8 Å². The minimum atomic E-state index is -0.339. The minimum Gasteiger partial charge on any atom is -0.388 e. The van der Waals surface area contributed by atoms with Crippen LogP contribution in [0.1, 0.15) is 34.5 Å². The van der Waals surface area contributed by atoms with Crippen LogP contribution in [-0.4, -0.2) is 10.1 Å². The molecule has 0 aromatic carbocycles. The quantitative estimate of drug-likeness (QED) is 0.738. The van der Waals surface area contributed by atoms with Crippen molar-refractivity contribution in [3.8, 4) is 6.07 Å². The summed E-state index contributed by atoms with van der Waals surface area (Å²) in [6.07, 6.45) is 2.82. The number of aromatic nitrogens is 1. The first-order valence-electron chi connectivity index (χ1n) is 4.34. The second kappa shape index (κ2) is 3.44. The van der Waals surface area contributed by atoms with E-state index in [1.165, 1.54) is 11.3 Å². The van der Waals surface area contributed by atoms with Gasteiger partial charge in [-0.25, -0.2) is 4.98 Å². The van der Waals surface area contributed by atoms with Crippen molar-refractivity contribution in [2.75, 3.05) is 0 Å². The summed E-state index contributed by atoms with van der Waals surface area (Å²) in [7, 11) is 0. The molecule has 1 atom stereocenters. The molecule has 1 aliphatic rings. The lowest BCUT2D eigenvalue weighted by Gasteiger charge is -2.14. The predicted octanol–water partition coefficient (Wildman–Crippen LogP) is 1.58. The van der Waals surface area contributed by atoms with E-state index in [4.69, 9.17) is 5.26 Å². The zero-order valence-corrected chi connectivity index (χ0v) is 7.97. The van der Waals surface area contributed by atoms with Crippen molar-refractivity contribution in [3.63, 3.8) is 0 Å². The number of nitriles is 1. The third kappa shape index (κ3) is 1.58. The molecule has 4 heteroatoms. The number of aliphatic hydroxyl groups is 1. The second-order valence-corrected chi connectivity index (χ2v) is 4.28. The molecule has 0 spiro atoms. The standard InChI is InChI=1S/C9H10N2OS/c10-5-4-8-11-6-2-1-3-7(12)9(6)13-8/h7,12H,1-4H2. The molecule has 1 aromatic rings. The molecule has 0 bridgehead atoms. The Morgan fingerprint density at radius 3 is 3.23 bits per heavy atom. The first-order chi connectivity index (χ1) is 6.31. The molecule has 0 aliphatic heterocycles. The predicted molar refractivity (Wildman–Crippen MR) is 49.3 cm³/mol. The SMILES string of the molecule is N#CCc1nc2c(s1)C(O)CCC2. The highest BCUT2D eigenvalue weighted by Gasteiger charge is 2.22. The van der Waals surface area contributed by atoms with Gasteiger partial charge in [0.1, 0.15) is 5.01 Å². The van der Waals surface area contributed by atoms with E-state index in [2.05, 4.69) is 11.1 Å². The average Bonchev–Trinajstić information content (AvgIpc) is 2.49. The minimum absolute atomic E-state index is 0.339. The van der Waals surface area contributed by atoms with Gasteiger partial charge in [0.15, 0.2) is 0 Å². The molecular weight excluding hydrogens is 184 g/mol. The summed E-state index contributed by atoms with van der Waals surface area (Å²) < 4.78 is 0. The number of hydrogen-bond acceptors (Lipinski definition) is 4. The van der Waals surface area contributed by atoms with Gasteiger partial charge in [-0.3, -0.25) is 0 Å². The van der Waals surface area contributed by atoms with Gasteiger partial charge in [0.2, 0.25) is 0 Å². The first kappa shape index (κ1) is 8.67. The Morgan fingerprint density at radius 2 is 2.54 bits per heavy atom. The van der Waals surface area contributed by atoms with E-state index in [-0.39, 0.29) is 6.10 Å². The number of rotatable bonds is 1. The van der Waals surface area contributed by atoms with Gasteiger partial charge in [-0.15, -0.1) is 11.3 Å². The monoisotopic (exact) mass is 194 g/mol. The Hall–Kier alpha value is -0.920. The lowest BCUT2D eigenvalue weighted by Crippen LogP contribution is -2.06. The fraction of sp³-hybridized carbons (Fsp3) is 0.556. The Morgan fingerprint density at radius 1 is 1.69 bits per heavy atom. The normalized spacial score (nSPS) is 20.8. The second-order valence-electron chi connectivity index (χ2n) is 3.16. The highest BCUT2D eigenvalue weighted by atomic mass is 32.1. The number of nitrogens with zero attached hydrogens (tertiary/aromatic N) is 2. The maximum atomic E-state index is 9.63. The molecule has 3 nitrogen and oxygen atoms in total. The number of thiazole rings is 1. The van der Waals surface area contributed by atoms with Crippen LogP contribution >= 0.6 is 11.3 Å². The molecular formula is C9H10N2OS. The van der Waals surface area contributed by atoms with Crippen LogP contribution in [0.3, 0.4) is 0 Å². The van der Waals surface area contributed by atoms with Gasteiger partial charge in [0.05, 0.1) is 29.2 Å². The third-order valence-corrected chi connectivity index (χ3v) is 3.39. The fourth-order valence-electron chi connectivity index (χ4n) is 1.59. The van der Waals surface area contributed by atoms with Gasteiger partial charge in [-0.05, 0) is 19.3 Å². The molecule has 1 unspecified atom stereocenters. The van der Waals surface area contributed by atoms with Gasteiger partial charge in [0, 0.05) is 0 Å². The van der Waals surface area contributed by atoms with E-state index in [1.807, 2.05) is 0 Å². The van der Waals surface area contributed by atoms with E-state index >= 15 is 0 Å². The molecule has 0 saturated heterocycles. The summed E-state index contributed by atoms with van der Waals surface area (Å²) >= 11 is 1.48. The summed E-state index contributed by atoms with van der Waals surface area (Å²) in [6.45, 7) is 0. The van der Waals surface area contributed by atoms with Crippen LogP contribution in [0.2, 0.25) is 0 Å². The van der Waals surface area contributed by atoms with Crippen LogP contribution < -0.4 is 0 Å². The topological polar surface area (TPSA) is 56.9 Å². The Balaban J connectivity index is 2.32. The Kier molecular flexibility index (Phi) is 2.30. The number of hydrogen-bond donors (Lipinski definition) is 1. The van der Waals surface area contributed by atoms with Crippen LogP contribution in [0.5, 0.6) is 0 Å². The van der Waals surface area contributed by atoms with Crippen LogP contribution in [0.25, 0.3) is 0 Å². The Labute approximate surface area is 80.7 Å². The van der Waals surface area contributed by atoms with Crippen LogP contribution in [0, 0.1) is 11.3 Å². The van der Waals surface area contributed by atoms with Gasteiger partial charge >= 0.3 is 0 Å². The summed E-state index contributed by atoms with van der Waals surface area (Å²) in [4.78, 5) is 5.31. The lowest BCUT2D eigenvalue weighted by molar-refractivity contribution is 0.160. The maximum Gasteiger partial charge on any atom is 0.107 e. The maximum absolute atomic E-state index is 9.63. The highest BCUT2D eigenvalue weighted by Crippen LogP contribution is 2.33. The summed E-state index contributed by atoms with van der Waals surface area (Å²) in [5.74, 6) is 0. The molecule has 0 fully saturated rings. The van der Waals surface area contributed by atoms with Crippen LogP contribution in [0.4, 0.5) is 0 Å². The molecule has 0 radical (unpaired) electrons. The van der Waals surface area contributed by atoms with Crippen LogP contribution in [-0.2, 0) is 12.8 Å². The molecule has 1 heterocycles. The van der Waals surface area contributed by atoms with E-state index in [0.29, 0.717) is 6.42 Å². The molecule has 0 saturated carbocycles. The zero-order valence-electron chi connectivity index (χ0n) is 7.16. The number of aliphatic hydroxyl groups excluding tert-OH is 1. The fourth-order valence-corrected chi connectivity index (χ4v) is 2.66. The molecule has 2 rings (SSSR count). The van der Waals surface area contributed by atoms with Gasteiger partial charge in [0.25, 0.3) is 0 Å². The van der Waals surface area contributed by atoms with Crippen LogP contribution in [0.15, 0.2) is 0 Å². The highest BCUT2D eigenvalue weighted by molar-refractivity contribution is 7.11. The van der Waals surface area contributed by atoms with Gasteiger partial charge in [-0.2, -0.15) is 5.26 Å². The molecule has 1 aromatic heterocycles. The zero-order chi connectivity index (χ0) is 9.26. The number of fused-ring (bicyclic) bond motifs is 1. The van der Waals surface area contributed by atoms with Gasteiger partial charge < -0.3 is 5.11 Å². The molecule has 13 heavy (non-hydrogen) atoms.